The summed E-state index contributed by atoms with van der Waals surface area (Å²) in [6.07, 6.45) is 0. The van der Waals surface area contributed by atoms with E-state index < -0.39 is 0 Å². The molecule has 0 N–H and O–H groups in total. The van der Waals surface area contributed by atoms with Crippen LogP contribution in [0.5, 0.6) is 0 Å². The molecule has 0 saturated carbocycles. The molecule has 88 valence electrons. The summed E-state index contributed by atoms with van der Waals surface area (Å²) in [6.45, 7) is 12.9. The molecule has 0 aliphatic rings. The Balaban J connectivity index is 3.39. The van der Waals surface area contributed by atoms with Gasteiger partial charge in [-0.2, -0.15) is 0 Å². The number of nitrogens with zero attached hydrogens (tertiary/aromatic N) is 1. The highest BCUT2D eigenvalue weighted by Crippen LogP contribution is 2.32. The molecule has 0 amide bonds. The first-order valence-corrected chi connectivity index (χ1v) is 5.64. The fourth-order valence-corrected chi connectivity index (χ4v) is 1.53. The molecule has 0 aliphatic carbocycles. The van der Waals surface area contributed by atoms with E-state index in [2.05, 4.69) is 52.8 Å². The van der Waals surface area contributed by atoms with Crippen molar-refractivity contribution in [2.75, 3.05) is 0 Å². The lowest BCUT2D eigenvalue weighted by atomic mass is 9.80. The highest BCUT2D eigenvalue weighted by atomic mass is 16.3. The predicted octanol–water partition coefficient (Wildman–Crippen LogP) is 4.68. The van der Waals surface area contributed by atoms with Gasteiger partial charge < -0.3 is 0 Å². The van der Waals surface area contributed by atoms with Crippen LogP contribution in [0, 0.1) is 4.91 Å². The van der Waals surface area contributed by atoms with E-state index in [4.69, 9.17) is 0 Å². The molecule has 0 fully saturated rings. The molecule has 0 heterocycles. The summed E-state index contributed by atoms with van der Waals surface area (Å²) in [5, 5.41) is 3.07. The molecular weight excluding hydrogens is 198 g/mol. The fraction of sp³-hybridized carbons (Fsp3) is 0.571. The number of nitroso groups, excluding NO2 is 1. The zero-order valence-corrected chi connectivity index (χ0v) is 11.1. The predicted molar refractivity (Wildman–Crippen MR) is 69.3 cm³/mol. The van der Waals surface area contributed by atoms with Gasteiger partial charge in [0.1, 0.15) is 5.69 Å². The third-order valence-electron chi connectivity index (χ3n) is 2.76. The molecule has 0 aliphatic heterocycles. The van der Waals surface area contributed by atoms with Gasteiger partial charge in [0.2, 0.25) is 0 Å². The minimum absolute atomic E-state index is 0.0424. The van der Waals surface area contributed by atoms with Gasteiger partial charge in [-0.15, -0.1) is 4.91 Å². The summed E-state index contributed by atoms with van der Waals surface area (Å²) in [4.78, 5) is 10.7. The second kappa shape index (κ2) is 4.00. The molecule has 1 rings (SSSR count). The molecule has 0 aromatic heterocycles. The van der Waals surface area contributed by atoms with Gasteiger partial charge in [-0.3, -0.25) is 0 Å². The van der Waals surface area contributed by atoms with Crippen molar-refractivity contribution < 1.29 is 0 Å². The Hall–Kier alpha value is -1.18. The highest BCUT2D eigenvalue weighted by molar-refractivity contribution is 5.47. The van der Waals surface area contributed by atoms with Gasteiger partial charge in [0.25, 0.3) is 0 Å². The molecule has 0 radical (unpaired) electrons. The van der Waals surface area contributed by atoms with E-state index in [0.717, 1.165) is 11.1 Å². The lowest BCUT2D eigenvalue weighted by molar-refractivity contribution is 0.569. The standard InChI is InChI=1S/C14H21NO/c1-13(2,3)10-7-11(14(4,5)6)9-12(8-10)15-16/h7-9H,1-6H3. The summed E-state index contributed by atoms with van der Waals surface area (Å²) in [5.74, 6) is 0. The van der Waals surface area contributed by atoms with Crippen molar-refractivity contribution in [1.29, 1.82) is 0 Å². The van der Waals surface area contributed by atoms with Crippen LogP contribution < -0.4 is 0 Å². The van der Waals surface area contributed by atoms with Crippen molar-refractivity contribution in [1.82, 2.24) is 0 Å². The van der Waals surface area contributed by atoms with Gasteiger partial charge in [0.05, 0.1) is 0 Å². The largest absolute Gasteiger partial charge is 0.145 e. The Morgan fingerprint density at radius 1 is 0.812 bits per heavy atom. The topological polar surface area (TPSA) is 29.4 Å². The van der Waals surface area contributed by atoms with E-state index in [1.54, 1.807) is 0 Å². The summed E-state index contributed by atoms with van der Waals surface area (Å²) in [5.41, 5.74) is 2.93. The van der Waals surface area contributed by atoms with E-state index in [1.165, 1.54) is 0 Å². The molecule has 0 unspecified atom stereocenters. The van der Waals surface area contributed by atoms with Crippen LogP contribution in [0.1, 0.15) is 52.7 Å². The van der Waals surface area contributed by atoms with E-state index in [0.29, 0.717) is 5.69 Å². The van der Waals surface area contributed by atoms with Crippen LogP contribution >= 0.6 is 0 Å². The van der Waals surface area contributed by atoms with Crippen LogP contribution in [0.2, 0.25) is 0 Å². The third kappa shape index (κ3) is 2.91. The lowest BCUT2D eigenvalue weighted by Crippen LogP contribution is -2.16. The quantitative estimate of drug-likeness (QED) is 0.630. The minimum atomic E-state index is 0.0424. The maximum atomic E-state index is 10.7. The lowest BCUT2D eigenvalue weighted by Gasteiger charge is -2.25. The van der Waals surface area contributed by atoms with Gasteiger partial charge >= 0.3 is 0 Å². The number of rotatable bonds is 1. The fourth-order valence-electron chi connectivity index (χ4n) is 1.53. The van der Waals surface area contributed by atoms with Crippen molar-refractivity contribution in [3.05, 3.63) is 34.2 Å². The van der Waals surface area contributed by atoms with Crippen molar-refractivity contribution in [3.63, 3.8) is 0 Å². The van der Waals surface area contributed by atoms with E-state index in [1.807, 2.05) is 12.1 Å². The van der Waals surface area contributed by atoms with Gasteiger partial charge in [0.15, 0.2) is 0 Å². The Bertz CT molecular complexity index is 362. The van der Waals surface area contributed by atoms with Crippen LogP contribution in [0.4, 0.5) is 5.69 Å². The molecular formula is C14H21NO. The monoisotopic (exact) mass is 219 g/mol. The number of benzene rings is 1. The van der Waals surface area contributed by atoms with Gasteiger partial charge in [-0.05, 0) is 39.3 Å². The minimum Gasteiger partial charge on any atom is -0.145 e. The van der Waals surface area contributed by atoms with Crippen molar-refractivity contribution in [2.24, 2.45) is 5.18 Å². The zero-order valence-electron chi connectivity index (χ0n) is 11.1. The van der Waals surface area contributed by atoms with E-state index in [9.17, 15) is 4.91 Å². The Morgan fingerprint density at radius 3 is 1.44 bits per heavy atom. The first-order chi connectivity index (χ1) is 7.14. The summed E-state index contributed by atoms with van der Waals surface area (Å²) in [6, 6.07) is 5.93. The molecule has 0 saturated heterocycles. The van der Waals surface area contributed by atoms with Crippen LogP contribution in [0.15, 0.2) is 23.4 Å². The van der Waals surface area contributed by atoms with E-state index in [-0.39, 0.29) is 10.8 Å². The van der Waals surface area contributed by atoms with Gasteiger partial charge in [-0.25, -0.2) is 0 Å². The normalized spacial score (nSPS) is 12.6. The maximum Gasteiger partial charge on any atom is 0.108 e. The molecule has 0 spiro atoms. The highest BCUT2D eigenvalue weighted by Gasteiger charge is 2.20. The summed E-state index contributed by atoms with van der Waals surface area (Å²) >= 11 is 0. The molecule has 1 aromatic carbocycles. The molecule has 0 bridgehead atoms. The SMILES string of the molecule is CC(C)(C)c1cc(N=O)cc(C(C)(C)C)c1. The average Bonchev–Trinajstić information content (AvgIpc) is 2.14. The molecule has 2 heteroatoms. The molecule has 1 aromatic rings. The van der Waals surface area contributed by atoms with Gasteiger partial charge in [0, 0.05) is 0 Å². The van der Waals surface area contributed by atoms with Crippen LogP contribution in [-0.4, -0.2) is 0 Å². The second-order valence-electron chi connectivity index (χ2n) is 6.36. The van der Waals surface area contributed by atoms with Crippen LogP contribution in [0.3, 0.4) is 0 Å². The van der Waals surface area contributed by atoms with Crippen molar-refractivity contribution in [3.8, 4) is 0 Å². The summed E-state index contributed by atoms with van der Waals surface area (Å²) < 4.78 is 0. The molecule has 2 nitrogen and oxygen atoms in total. The average molecular weight is 219 g/mol. The molecule has 0 atom stereocenters. The summed E-state index contributed by atoms with van der Waals surface area (Å²) in [7, 11) is 0. The zero-order chi connectivity index (χ0) is 12.6. The Kier molecular flexibility index (Phi) is 3.22. The maximum absolute atomic E-state index is 10.7. The molecule has 16 heavy (non-hydrogen) atoms. The van der Waals surface area contributed by atoms with Crippen LogP contribution in [0.25, 0.3) is 0 Å². The second-order valence-corrected chi connectivity index (χ2v) is 6.36. The Labute approximate surface area is 98.0 Å². The van der Waals surface area contributed by atoms with Gasteiger partial charge in [-0.1, -0.05) is 47.6 Å². The smallest absolute Gasteiger partial charge is 0.108 e. The third-order valence-corrected chi connectivity index (χ3v) is 2.76. The first-order valence-electron chi connectivity index (χ1n) is 5.64. The van der Waals surface area contributed by atoms with E-state index >= 15 is 0 Å². The number of hydrogen-bond acceptors (Lipinski definition) is 2. The van der Waals surface area contributed by atoms with Crippen LogP contribution in [-0.2, 0) is 10.8 Å². The number of hydrogen-bond donors (Lipinski definition) is 0. The first kappa shape index (κ1) is 12.9. The Morgan fingerprint density at radius 2 is 1.19 bits per heavy atom. The van der Waals surface area contributed by atoms with Crippen molar-refractivity contribution in [2.45, 2.75) is 52.4 Å². The van der Waals surface area contributed by atoms with Crippen molar-refractivity contribution >= 4 is 5.69 Å².